The Kier molecular flexibility index (Phi) is 2.85. The molecule has 0 bridgehead atoms. The van der Waals surface area contributed by atoms with E-state index >= 15 is 0 Å². The van der Waals surface area contributed by atoms with Crippen molar-refractivity contribution in [1.29, 1.82) is 0 Å². The molecule has 0 aliphatic carbocycles. The van der Waals surface area contributed by atoms with Gasteiger partial charge in [0.15, 0.2) is 5.82 Å². The summed E-state index contributed by atoms with van der Waals surface area (Å²) in [6.07, 6.45) is 2.17. The third-order valence-electron chi connectivity index (χ3n) is 1.21. The maximum Gasteiger partial charge on any atom is 0.417 e. The Morgan fingerprint density at radius 3 is 2.83 bits per heavy atom. The zero-order valence-corrected chi connectivity index (χ0v) is 7.50. The topological polar surface area (TPSA) is 48.2 Å². The predicted molar refractivity (Wildman–Crippen MR) is 44.0 cm³/mol. The number of ether oxygens (including phenoxy) is 1. The zero-order valence-electron chi connectivity index (χ0n) is 7.50. The molecule has 0 N–H and O–H groups in total. The van der Waals surface area contributed by atoms with Gasteiger partial charge in [-0.05, 0) is 26.8 Å². The number of hydrogen-bond acceptors (Lipinski definition) is 4. The Morgan fingerprint density at radius 1 is 1.58 bits per heavy atom. The summed E-state index contributed by atoms with van der Waals surface area (Å²) in [6, 6.07) is 0. The van der Waals surface area contributed by atoms with Gasteiger partial charge in [0, 0.05) is 0 Å². The van der Waals surface area contributed by atoms with Gasteiger partial charge in [-0.1, -0.05) is 10.7 Å². The van der Waals surface area contributed by atoms with Crippen molar-refractivity contribution in [3.05, 3.63) is 17.5 Å². The van der Waals surface area contributed by atoms with Gasteiger partial charge in [0.1, 0.15) is 6.61 Å². The van der Waals surface area contributed by atoms with Crippen molar-refractivity contribution in [1.82, 2.24) is 10.1 Å². The van der Waals surface area contributed by atoms with Gasteiger partial charge in [-0.2, -0.15) is 4.98 Å². The first-order valence-electron chi connectivity index (χ1n) is 3.75. The van der Waals surface area contributed by atoms with Crippen molar-refractivity contribution >= 4 is 0 Å². The fraction of sp³-hybridized carbons (Fsp3) is 0.500. The number of aryl methyl sites for hydroxylation is 1. The highest BCUT2D eigenvalue weighted by molar-refractivity contribution is 4.95. The van der Waals surface area contributed by atoms with E-state index in [0.717, 1.165) is 0 Å². The van der Waals surface area contributed by atoms with Crippen LogP contribution in [0.25, 0.3) is 0 Å². The van der Waals surface area contributed by atoms with E-state index in [4.69, 9.17) is 9.26 Å². The van der Waals surface area contributed by atoms with Crippen LogP contribution in [0.2, 0.25) is 0 Å². The highest BCUT2D eigenvalue weighted by Gasteiger charge is 2.00. The molecule has 0 saturated carbocycles. The van der Waals surface area contributed by atoms with Gasteiger partial charge in [-0.15, -0.1) is 0 Å². The van der Waals surface area contributed by atoms with Gasteiger partial charge in [-0.3, -0.25) is 4.52 Å². The predicted octanol–water partition coefficient (Wildman–Crippen LogP) is 1.72. The molecule has 1 aromatic heterocycles. The molecule has 0 radical (unpaired) electrons. The van der Waals surface area contributed by atoms with Crippen molar-refractivity contribution in [3.8, 4) is 6.08 Å². The van der Waals surface area contributed by atoms with E-state index in [1.807, 2.05) is 19.9 Å². The van der Waals surface area contributed by atoms with Gasteiger partial charge >= 0.3 is 6.08 Å². The molecule has 0 atom stereocenters. The van der Waals surface area contributed by atoms with Gasteiger partial charge in [-0.25, -0.2) is 0 Å². The lowest BCUT2D eigenvalue weighted by atomic mass is 10.3. The van der Waals surface area contributed by atoms with Crippen LogP contribution in [0.3, 0.4) is 0 Å². The quantitative estimate of drug-likeness (QED) is 0.645. The molecule has 0 saturated heterocycles. The van der Waals surface area contributed by atoms with Gasteiger partial charge in [0.05, 0.1) is 0 Å². The number of allylic oxidation sites excluding steroid dienone is 1. The maximum atomic E-state index is 5.12. The highest BCUT2D eigenvalue weighted by Crippen LogP contribution is 2.05. The van der Waals surface area contributed by atoms with Crippen molar-refractivity contribution in [2.75, 3.05) is 6.61 Å². The Labute approximate surface area is 71.2 Å². The Hall–Kier alpha value is -1.32. The van der Waals surface area contributed by atoms with E-state index in [0.29, 0.717) is 12.4 Å². The zero-order chi connectivity index (χ0) is 8.97. The molecule has 4 nitrogen and oxygen atoms in total. The summed E-state index contributed by atoms with van der Waals surface area (Å²) in [5.41, 5.74) is 1.20. The Balaban J connectivity index is 2.38. The Bertz CT molecular complexity index is 274. The van der Waals surface area contributed by atoms with Crippen molar-refractivity contribution in [2.45, 2.75) is 20.8 Å². The van der Waals surface area contributed by atoms with Crippen LogP contribution in [0, 0.1) is 6.92 Å². The smallest absolute Gasteiger partial charge is 0.417 e. The van der Waals surface area contributed by atoms with Gasteiger partial charge in [0.2, 0.25) is 0 Å². The summed E-state index contributed by atoms with van der Waals surface area (Å²) in [5, 5.41) is 3.58. The van der Waals surface area contributed by atoms with Crippen LogP contribution in [0.4, 0.5) is 0 Å². The molecule has 0 aliphatic rings. The lowest BCUT2D eigenvalue weighted by Gasteiger charge is -1.94. The molecule has 0 aromatic carbocycles. The van der Waals surface area contributed by atoms with Gasteiger partial charge in [0.25, 0.3) is 0 Å². The van der Waals surface area contributed by atoms with Crippen LogP contribution in [-0.4, -0.2) is 16.7 Å². The standard InChI is InChI=1S/C8H12N2O2/c1-6(2)4-5-11-8-9-7(3)10-12-8/h4H,5H2,1-3H3. The minimum absolute atomic E-state index is 0.227. The minimum atomic E-state index is 0.227. The normalized spacial score (nSPS) is 9.58. The number of aromatic nitrogens is 2. The summed E-state index contributed by atoms with van der Waals surface area (Å²) in [7, 11) is 0. The van der Waals surface area contributed by atoms with E-state index in [1.54, 1.807) is 6.92 Å². The first-order valence-corrected chi connectivity index (χ1v) is 3.75. The summed E-state index contributed by atoms with van der Waals surface area (Å²) in [6.45, 7) is 6.23. The van der Waals surface area contributed by atoms with Crippen molar-refractivity contribution in [3.63, 3.8) is 0 Å². The summed E-state index contributed by atoms with van der Waals surface area (Å²) in [4.78, 5) is 3.88. The van der Waals surface area contributed by atoms with Crippen molar-refractivity contribution in [2.24, 2.45) is 0 Å². The molecule has 0 fully saturated rings. The van der Waals surface area contributed by atoms with E-state index in [1.165, 1.54) is 5.57 Å². The van der Waals surface area contributed by atoms with E-state index < -0.39 is 0 Å². The largest absolute Gasteiger partial charge is 0.445 e. The van der Waals surface area contributed by atoms with E-state index in [9.17, 15) is 0 Å². The maximum absolute atomic E-state index is 5.12. The second-order valence-electron chi connectivity index (χ2n) is 2.70. The molecule has 0 unspecified atom stereocenters. The van der Waals surface area contributed by atoms with Crippen LogP contribution < -0.4 is 4.74 Å². The third kappa shape index (κ3) is 2.74. The Morgan fingerprint density at radius 2 is 2.33 bits per heavy atom. The van der Waals surface area contributed by atoms with Crippen LogP contribution in [0.5, 0.6) is 6.08 Å². The molecule has 1 heterocycles. The lowest BCUT2D eigenvalue weighted by molar-refractivity contribution is 0.226. The first-order chi connectivity index (χ1) is 5.68. The molecule has 66 valence electrons. The third-order valence-corrected chi connectivity index (χ3v) is 1.21. The number of hydrogen-bond donors (Lipinski definition) is 0. The average Bonchev–Trinajstić information content (AvgIpc) is 2.35. The van der Waals surface area contributed by atoms with Gasteiger partial charge < -0.3 is 4.74 Å². The fourth-order valence-corrected chi connectivity index (χ4v) is 0.616. The fourth-order valence-electron chi connectivity index (χ4n) is 0.616. The summed E-state index contributed by atoms with van der Waals surface area (Å²) in [5.74, 6) is 0.585. The van der Waals surface area contributed by atoms with Crippen LogP contribution >= 0.6 is 0 Å². The molecular weight excluding hydrogens is 156 g/mol. The SMILES string of the molecule is CC(C)=CCOc1nc(C)no1. The molecule has 4 heteroatoms. The number of rotatable bonds is 3. The van der Waals surface area contributed by atoms with Crippen LogP contribution in [0.1, 0.15) is 19.7 Å². The second kappa shape index (κ2) is 3.90. The summed E-state index contributed by atoms with van der Waals surface area (Å²) >= 11 is 0. The molecule has 0 amide bonds. The minimum Gasteiger partial charge on any atom is -0.445 e. The van der Waals surface area contributed by atoms with E-state index in [2.05, 4.69) is 10.1 Å². The monoisotopic (exact) mass is 168 g/mol. The first kappa shape index (κ1) is 8.77. The summed E-state index contributed by atoms with van der Waals surface area (Å²) < 4.78 is 9.85. The molecule has 0 spiro atoms. The second-order valence-corrected chi connectivity index (χ2v) is 2.70. The molecule has 1 rings (SSSR count). The van der Waals surface area contributed by atoms with Crippen LogP contribution in [0.15, 0.2) is 16.2 Å². The van der Waals surface area contributed by atoms with Crippen molar-refractivity contribution < 1.29 is 9.26 Å². The average molecular weight is 168 g/mol. The molecule has 0 aliphatic heterocycles. The molecule has 1 aromatic rings. The van der Waals surface area contributed by atoms with Crippen LogP contribution in [-0.2, 0) is 0 Å². The molecule has 12 heavy (non-hydrogen) atoms. The lowest BCUT2D eigenvalue weighted by Crippen LogP contribution is -1.93. The number of nitrogens with zero attached hydrogens (tertiary/aromatic N) is 2. The highest BCUT2D eigenvalue weighted by atomic mass is 16.6. The molecular formula is C8H12N2O2. The van der Waals surface area contributed by atoms with E-state index in [-0.39, 0.29) is 6.08 Å².